The van der Waals surface area contributed by atoms with E-state index in [0.29, 0.717) is 16.9 Å². The van der Waals surface area contributed by atoms with Crippen molar-refractivity contribution < 1.29 is 23.8 Å². The third-order valence-electron chi connectivity index (χ3n) is 5.29. The van der Waals surface area contributed by atoms with Crippen molar-refractivity contribution in [2.24, 2.45) is 0 Å². The van der Waals surface area contributed by atoms with Crippen LogP contribution in [-0.4, -0.2) is 23.9 Å². The highest BCUT2D eigenvalue weighted by atomic mass is 19.1. The Hall–Kier alpha value is -3.93. The van der Waals surface area contributed by atoms with Crippen LogP contribution in [0.3, 0.4) is 0 Å². The number of carbonyl (C=O) groups is 2. The molecule has 0 spiro atoms. The first-order valence-corrected chi connectivity index (χ1v) is 9.69. The van der Waals surface area contributed by atoms with Crippen LogP contribution in [0.25, 0.3) is 5.76 Å². The Morgan fingerprint density at radius 1 is 1.00 bits per heavy atom. The molecule has 1 aliphatic rings. The third-order valence-corrected chi connectivity index (χ3v) is 5.29. The Balaban J connectivity index is 1.99. The summed E-state index contributed by atoms with van der Waals surface area (Å²) in [5.74, 6) is -2.11. The van der Waals surface area contributed by atoms with Crippen LogP contribution in [0.4, 0.5) is 10.1 Å². The molecule has 156 valence electrons. The molecule has 3 aromatic carbocycles. The van der Waals surface area contributed by atoms with E-state index >= 15 is 0 Å². The minimum absolute atomic E-state index is 0.0809. The molecule has 1 heterocycles. The van der Waals surface area contributed by atoms with E-state index in [2.05, 4.69) is 0 Å². The van der Waals surface area contributed by atoms with Gasteiger partial charge in [-0.2, -0.15) is 0 Å². The molecule has 6 heteroatoms. The van der Waals surface area contributed by atoms with Crippen LogP contribution in [0.5, 0.6) is 5.75 Å². The smallest absolute Gasteiger partial charge is 0.300 e. The maximum atomic E-state index is 14.0. The van der Waals surface area contributed by atoms with E-state index in [1.165, 1.54) is 30.2 Å². The lowest BCUT2D eigenvalue weighted by atomic mass is 9.94. The van der Waals surface area contributed by atoms with E-state index < -0.39 is 23.5 Å². The number of nitrogens with zero attached hydrogens (tertiary/aromatic N) is 1. The number of methoxy groups -OCH3 is 1. The zero-order chi connectivity index (χ0) is 22.1. The standard InChI is InChI=1S/C25H20FNO4/c1-15-10-12-16(13-11-15)23(28)21-22(19-8-3-4-9-20(19)31-2)27(25(30)24(21)29)18-7-5-6-17(26)14-18/h3-14,22,28H,1-2H3/b23-21+. The number of halogens is 1. The van der Waals surface area contributed by atoms with E-state index in [0.717, 1.165) is 5.56 Å². The summed E-state index contributed by atoms with van der Waals surface area (Å²) in [5, 5.41) is 11.1. The fraction of sp³-hybridized carbons (Fsp3) is 0.120. The van der Waals surface area contributed by atoms with Crippen molar-refractivity contribution in [1.29, 1.82) is 0 Å². The second-order valence-electron chi connectivity index (χ2n) is 7.26. The van der Waals surface area contributed by atoms with Gasteiger partial charge in [0.15, 0.2) is 0 Å². The lowest BCUT2D eigenvalue weighted by molar-refractivity contribution is -0.132. The number of carbonyl (C=O) groups excluding carboxylic acids is 2. The van der Waals surface area contributed by atoms with E-state index in [9.17, 15) is 19.1 Å². The number of ketones is 1. The summed E-state index contributed by atoms with van der Waals surface area (Å²) in [6, 6.07) is 18.3. The molecule has 1 unspecified atom stereocenters. The van der Waals surface area contributed by atoms with E-state index in [4.69, 9.17) is 4.74 Å². The maximum Gasteiger partial charge on any atom is 0.300 e. The van der Waals surface area contributed by atoms with Crippen LogP contribution in [0, 0.1) is 12.7 Å². The summed E-state index contributed by atoms with van der Waals surface area (Å²) in [6.45, 7) is 1.90. The Morgan fingerprint density at radius 2 is 1.71 bits per heavy atom. The first kappa shape index (κ1) is 20.3. The Morgan fingerprint density at radius 3 is 2.39 bits per heavy atom. The van der Waals surface area contributed by atoms with Crippen molar-refractivity contribution in [3.8, 4) is 5.75 Å². The highest BCUT2D eigenvalue weighted by Gasteiger charge is 2.47. The molecular weight excluding hydrogens is 397 g/mol. The molecule has 3 aromatic rings. The van der Waals surface area contributed by atoms with Gasteiger partial charge >= 0.3 is 0 Å². The topological polar surface area (TPSA) is 66.8 Å². The number of aliphatic hydroxyl groups excluding tert-OH is 1. The average molecular weight is 417 g/mol. The number of aryl methyl sites for hydroxylation is 1. The van der Waals surface area contributed by atoms with Gasteiger partial charge in [0.25, 0.3) is 11.7 Å². The van der Waals surface area contributed by atoms with Gasteiger partial charge in [0.2, 0.25) is 0 Å². The number of anilines is 1. The van der Waals surface area contributed by atoms with Crippen molar-refractivity contribution in [3.63, 3.8) is 0 Å². The number of Topliss-reactive ketones (excluding diaryl/α,β-unsaturated/α-hetero) is 1. The molecule has 5 nitrogen and oxygen atoms in total. The highest BCUT2D eigenvalue weighted by molar-refractivity contribution is 6.51. The number of amides is 1. The molecule has 1 saturated heterocycles. The van der Waals surface area contributed by atoms with E-state index in [-0.39, 0.29) is 17.0 Å². The van der Waals surface area contributed by atoms with Crippen molar-refractivity contribution in [3.05, 3.63) is 101 Å². The fourth-order valence-corrected chi connectivity index (χ4v) is 3.78. The lowest BCUT2D eigenvalue weighted by Gasteiger charge is -2.26. The number of aliphatic hydroxyl groups is 1. The van der Waals surface area contributed by atoms with Gasteiger partial charge in [-0.25, -0.2) is 4.39 Å². The maximum absolute atomic E-state index is 14.0. The predicted octanol–water partition coefficient (Wildman–Crippen LogP) is 4.77. The van der Waals surface area contributed by atoms with Gasteiger partial charge in [0.1, 0.15) is 17.3 Å². The van der Waals surface area contributed by atoms with Crippen LogP contribution in [0.1, 0.15) is 22.7 Å². The first-order valence-electron chi connectivity index (χ1n) is 9.69. The SMILES string of the molecule is COc1ccccc1C1/C(=C(\O)c2ccc(C)cc2)C(=O)C(=O)N1c1cccc(F)c1. The minimum Gasteiger partial charge on any atom is -0.507 e. The first-order chi connectivity index (χ1) is 14.9. The van der Waals surface area contributed by atoms with Crippen LogP contribution in [0.15, 0.2) is 78.4 Å². The number of ether oxygens (including phenoxy) is 1. The summed E-state index contributed by atoms with van der Waals surface area (Å²) in [4.78, 5) is 27.4. The summed E-state index contributed by atoms with van der Waals surface area (Å²) in [7, 11) is 1.48. The third kappa shape index (κ3) is 3.57. The number of rotatable bonds is 4. The summed E-state index contributed by atoms with van der Waals surface area (Å²) in [5.41, 5.74) is 2.02. The van der Waals surface area contributed by atoms with Gasteiger partial charge < -0.3 is 9.84 Å². The monoisotopic (exact) mass is 417 g/mol. The molecule has 1 atom stereocenters. The van der Waals surface area contributed by atoms with Crippen LogP contribution in [-0.2, 0) is 9.59 Å². The molecule has 0 aliphatic carbocycles. The molecular formula is C25H20FNO4. The van der Waals surface area contributed by atoms with Gasteiger partial charge in [-0.1, -0.05) is 54.1 Å². The summed E-state index contributed by atoms with van der Waals surface area (Å²) >= 11 is 0. The van der Waals surface area contributed by atoms with Crippen molar-refractivity contribution >= 4 is 23.1 Å². The number of benzene rings is 3. The van der Waals surface area contributed by atoms with Crippen LogP contribution < -0.4 is 9.64 Å². The normalized spacial score (nSPS) is 17.8. The fourth-order valence-electron chi connectivity index (χ4n) is 3.78. The van der Waals surface area contributed by atoms with Gasteiger partial charge in [-0.05, 0) is 31.2 Å². The quantitative estimate of drug-likeness (QED) is 0.377. The molecule has 31 heavy (non-hydrogen) atoms. The number of hydrogen-bond acceptors (Lipinski definition) is 4. The Labute approximate surface area is 179 Å². The molecule has 0 saturated carbocycles. The zero-order valence-corrected chi connectivity index (χ0v) is 17.0. The molecule has 1 fully saturated rings. The van der Waals surface area contributed by atoms with Crippen molar-refractivity contribution in [1.82, 2.24) is 0 Å². The lowest BCUT2D eigenvalue weighted by Crippen LogP contribution is -2.29. The second kappa shape index (κ2) is 8.07. The molecule has 0 radical (unpaired) electrons. The Bertz CT molecular complexity index is 1200. The summed E-state index contributed by atoms with van der Waals surface area (Å²) < 4.78 is 19.4. The second-order valence-corrected chi connectivity index (χ2v) is 7.26. The van der Waals surface area contributed by atoms with Gasteiger partial charge in [0.05, 0.1) is 18.7 Å². The van der Waals surface area contributed by atoms with Gasteiger partial charge in [-0.15, -0.1) is 0 Å². The molecule has 0 aromatic heterocycles. The predicted molar refractivity (Wildman–Crippen MR) is 115 cm³/mol. The molecule has 4 rings (SSSR count). The largest absolute Gasteiger partial charge is 0.507 e. The molecule has 1 amide bonds. The minimum atomic E-state index is -0.987. The van der Waals surface area contributed by atoms with Crippen LogP contribution in [0.2, 0.25) is 0 Å². The average Bonchev–Trinajstić information content (AvgIpc) is 3.04. The van der Waals surface area contributed by atoms with Crippen LogP contribution >= 0.6 is 0 Å². The molecule has 1 N–H and O–H groups in total. The Kier molecular flexibility index (Phi) is 5.29. The van der Waals surface area contributed by atoms with E-state index in [1.54, 1.807) is 54.6 Å². The van der Waals surface area contributed by atoms with Gasteiger partial charge in [-0.3, -0.25) is 14.5 Å². The number of para-hydroxylation sites is 1. The molecule has 1 aliphatic heterocycles. The van der Waals surface area contributed by atoms with Crippen molar-refractivity contribution in [2.45, 2.75) is 13.0 Å². The van der Waals surface area contributed by atoms with Crippen molar-refractivity contribution in [2.75, 3.05) is 12.0 Å². The zero-order valence-electron chi connectivity index (χ0n) is 17.0. The van der Waals surface area contributed by atoms with Gasteiger partial charge in [0, 0.05) is 16.8 Å². The highest BCUT2D eigenvalue weighted by Crippen LogP contribution is 2.44. The number of hydrogen-bond donors (Lipinski definition) is 1. The molecule has 0 bridgehead atoms. The van der Waals surface area contributed by atoms with E-state index in [1.807, 2.05) is 6.92 Å². The summed E-state index contributed by atoms with van der Waals surface area (Å²) in [6.07, 6.45) is 0.